The number of Topliss-reactive ketones (excluding diaryl/α,β-unsaturated/α-hetero) is 1. The third-order valence-electron chi connectivity index (χ3n) is 3.48. The number of likely N-dealkylation sites (N-methyl/N-ethyl adjacent to an activating group) is 1. The van der Waals surface area contributed by atoms with E-state index in [0.717, 1.165) is 22.7 Å². The minimum Gasteiger partial charge on any atom is -0.367 e. The molecule has 1 aromatic rings. The summed E-state index contributed by atoms with van der Waals surface area (Å²) in [6.45, 7) is 2.38. The first-order chi connectivity index (χ1) is 9.56. The van der Waals surface area contributed by atoms with E-state index in [1.165, 1.54) is 6.92 Å². The summed E-state index contributed by atoms with van der Waals surface area (Å²) in [4.78, 5) is 29.4. The molecule has 3 rings (SSSR count). The minimum absolute atomic E-state index is 0.152. The van der Waals surface area contributed by atoms with Crippen LogP contribution in [0.25, 0.3) is 5.70 Å². The summed E-state index contributed by atoms with van der Waals surface area (Å²) in [7, 11) is 1.91. The van der Waals surface area contributed by atoms with Crippen molar-refractivity contribution < 1.29 is 9.59 Å². The van der Waals surface area contributed by atoms with Crippen LogP contribution in [-0.2, 0) is 9.59 Å². The number of nitrogens with zero attached hydrogens (tertiary/aromatic N) is 3. The van der Waals surface area contributed by atoms with Gasteiger partial charge in [-0.05, 0) is 17.7 Å². The van der Waals surface area contributed by atoms with E-state index in [-0.39, 0.29) is 11.7 Å². The Balaban J connectivity index is 2.10. The van der Waals surface area contributed by atoms with Crippen LogP contribution in [-0.4, -0.2) is 41.7 Å². The van der Waals surface area contributed by atoms with Gasteiger partial charge >= 0.3 is 0 Å². The Morgan fingerprint density at radius 3 is 2.95 bits per heavy atom. The molecule has 0 saturated heterocycles. The zero-order valence-electron chi connectivity index (χ0n) is 11.5. The van der Waals surface area contributed by atoms with Crippen molar-refractivity contribution in [1.82, 2.24) is 15.3 Å². The fourth-order valence-electron chi connectivity index (χ4n) is 2.86. The Morgan fingerprint density at radius 1 is 1.40 bits per heavy atom. The number of fused-ring (bicyclic) bond motifs is 2. The number of anilines is 1. The maximum absolute atomic E-state index is 11.8. The Hall–Kier alpha value is -2.37. The normalized spacial score (nSPS) is 17.8. The molecule has 0 aliphatic carbocycles. The van der Waals surface area contributed by atoms with Crippen LogP contribution in [0, 0.1) is 0 Å². The monoisotopic (exact) mass is 272 g/mol. The lowest BCUT2D eigenvalue weighted by molar-refractivity contribution is -0.119. The molecule has 0 unspecified atom stereocenters. The Morgan fingerprint density at radius 2 is 2.20 bits per heavy atom. The number of rotatable bonds is 1. The van der Waals surface area contributed by atoms with Crippen LogP contribution in [0.3, 0.4) is 0 Å². The number of pyridine rings is 1. The molecule has 0 spiro atoms. The molecule has 6 nitrogen and oxygen atoms in total. The highest BCUT2D eigenvalue weighted by Crippen LogP contribution is 2.37. The number of amides is 1. The van der Waals surface area contributed by atoms with E-state index < -0.39 is 0 Å². The number of hydrogen-bond donors (Lipinski definition) is 1. The van der Waals surface area contributed by atoms with E-state index in [1.807, 2.05) is 24.1 Å². The van der Waals surface area contributed by atoms with Crippen LogP contribution in [0.1, 0.15) is 18.9 Å². The van der Waals surface area contributed by atoms with Gasteiger partial charge in [0.2, 0.25) is 5.91 Å². The van der Waals surface area contributed by atoms with Crippen LogP contribution >= 0.6 is 0 Å². The number of ketones is 1. The first-order valence-corrected chi connectivity index (χ1v) is 6.51. The molecule has 0 aromatic carbocycles. The van der Waals surface area contributed by atoms with E-state index >= 15 is 0 Å². The molecule has 3 heterocycles. The van der Waals surface area contributed by atoms with E-state index in [4.69, 9.17) is 0 Å². The quantitative estimate of drug-likeness (QED) is 0.809. The number of carbonyl (C=O) groups is 2. The van der Waals surface area contributed by atoms with Gasteiger partial charge in [-0.25, -0.2) is 4.98 Å². The maximum Gasteiger partial charge on any atom is 0.235 e. The molecule has 2 aliphatic heterocycles. The first kappa shape index (κ1) is 12.7. The van der Waals surface area contributed by atoms with Gasteiger partial charge in [0.05, 0.1) is 13.1 Å². The minimum atomic E-state index is -0.152. The molecule has 0 radical (unpaired) electrons. The Labute approximate surface area is 117 Å². The lowest BCUT2D eigenvalue weighted by atomic mass is 9.94. The summed E-state index contributed by atoms with van der Waals surface area (Å²) < 4.78 is 0. The van der Waals surface area contributed by atoms with Gasteiger partial charge in [-0.1, -0.05) is 0 Å². The molecule has 6 heteroatoms. The van der Waals surface area contributed by atoms with E-state index in [0.29, 0.717) is 19.5 Å². The highest BCUT2D eigenvalue weighted by Gasteiger charge is 2.32. The first-order valence-electron chi connectivity index (χ1n) is 6.51. The molecule has 0 atom stereocenters. The summed E-state index contributed by atoms with van der Waals surface area (Å²) in [5.74, 6) is 0.769. The maximum atomic E-state index is 11.8. The van der Waals surface area contributed by atoms with Gasteiger partial charge in [0, 0.05) is 37.8 Å². The standard InChI is InChI=1S/C14H16N4O2/c1-9(19)16-18-7-10-6-11(20)8-17(2)13(10)12-4-3-5-15-14(12)18/h3-5H,6-8H2,1-2H3,(H,16,19). The fraction of sp³-hybridized carbons (Fsp3) is 0.357. The molecule has 104 valence electrons. The number of hydrazine groups is 1. The summed E-state index contributed by atoms with van der Waals surface area (Å²) in [6.07, 6.45) is 2.14. The van der Waals surface area contributed by atoms with Gasteiger partial charge in [-0.3, -0.25) is 20.0 Å². The molecule has 0 bridgehead atoms. The van der Waals surface area contributed by atoms with Crippen LogP contribution in [0.5, 0.6) is 0 Å². The van der Waals surface area contributed by atoms with Crippen LogP contribution < -0.4 is 10.4 Å². The van der Waals surface area contributed by atoms with E-state index in [1.54, 1.807) is 11.2 Å². The second kappa shape index (κ2) is 4.63. The third kappa shape index (κ3) is 2.03. The molecule has 1 amide bonds. The van der Waals surface area contributed by atoms with Crippen LogP contribution in [0.15, 0.2) is 23.9 Å². The van der Waals surface area contributed by atoms with Crippen LogP contribution in [0.2, 0.25) is 0 Å². The van der Waals surface area contributed by atoms with Crippen molar-refractivity contribution in [2.75, 3.05) is 25.1 Å². The van der Waals surface area contributed by atoms with Crippen molar-refractivity contribution in [3.63, 3.8) is 0 Å². The van der Waals surface area contributed by atoms with Crippen LogP contribution in [0.4, 0.5) is 5.82 Å². The molecule has 20 heavy (non-hydrogen) atoms. The molecular formula is C14H16N4O2. The zero-order valence-corrected chi connectivity index (χ0v) is 11.5. The number of carbonyl (C=O) groups excluding carboxylic acids is 2. The highest BCUT2D eigenvalue weighted by molar-refractivity contribution is 5.93. The molecule has 1 N–H and O–H groups in total. The predicted octanol–water partition coefficient (Wildman–Crippen LogP) is 0.568. The SMILES string of the molecule is CC(=O)NN1CC2=C(c3cccnc31)N(C)CC(=O)C2. The van der Waals surface area contributed by atoms with Crippen molar-refractivity contribution in [1.29, 1.82) is 0 Å². The van der Waals surface area contributed by atoms with Gasteiger partial charge < -0.3 is 4.90 Å². The van der Waals surface area contributed by atoms with Crippen molar-refractivity contribution in [2.24, 2.45) is 0 Å². The van der Waals surface area contributed by atoms with Crippen molar-refractivity contribution in [2.45, 2.75) is 13.3 Å². The van der Waals surface area contributed by atoms with Crippen molar-refractivity contribution in [3.05, 3.63) is 29.5 Å². The zero-order chi connectivity index (χ0) is 14.3. The summed E-state index contributed by atoms with van der Waals surface area (Å²) in [5.41, 5.74) is 5.81. The van der Waals surface area contributed by atoms with Crippen molar-refractivity contribution >= 4 is 23.2 Å². The van der Waals surface area contributed by atoms with Gasteiger partial charge in [0.15, 0.2) is 11.6 Å². The second-order valence-corrected chi connectivity index (χ2v) is 5.15. The lowest BCUT2D eigenvalue weighted by Crippen LogP contribution is -2.47. The topological polar surface area (TPSA) is 65.5 Å². The average Bonchev–Trinajstić information content (AvgIpc) is 2.37. The summed E-state index contributed by atoms with van der Waals surface area (Å²) >= 11 is 0. The molecule has 0 saturated carbocycles. The third-order valence-corrected chi connectivity index (χ3v) is 3.48. The molecule has 1 aromatic heterocycles. The highest BCUT2D eigenvalue weighted by atomic mass is 16.2. The Kier molecular flexibility index (Phi) is 2.93. The summed E-state index contributed by atoms with van der Waals surface area (Å²) in [5, 5.41) is 1.71. The van der Waals surface area contributed by atoms with Gasteiger partial charge in [-0.15, -0.1) is 0 Å². The largest absolute Gasteiger partial charge is 0.367 e. The van der Waals surface area contributed by atoms with Gasteiger partial charge in [-0.2, -0.15) is 0 Å². The number of aromatic nitrogens is 1. The Bertz CT molecular complexity index is 623. The second-order valence-electron chi connectivity index (χ2n) is 5.15. The lowest BCUT2D eigenvalue weighted by Gasteiger charge is -2.38. The number of nitrogens with one attached hydrogen (secondary N) is 1. The van der Waals surface area contributed by atoms with E-state index in [9.17, 15) is 9.59 Å². The van der Waals surface area contributed by atoms with Gasteiger partial charge in [0.1, 0.15) is 0 Å². The summed E-state index contributed by atoms with van der Waals surface area (Å²) in [6, 6.07) is 3.84. The molecule has 2 aliphatic rings. The smallest absolute Gasteiger partial charge is 0.235 e. The number of hydrogen-bond acceptors (Lipinski definition) is 5. The fourth-order valence-corrected chi connectivity index (χ4v) is 2.86. The predicted molar refractivity (Wildman–Crippen MR) is 74.6 cm³/mol. The van der Waals surface area contributed by atoms with Crippen molar-refractivity contribution in [3.8, 4) is 0 Å². The van der Waals surface area contributed by atoms with E-state index in [2.05, 4.69) is 10.4 Å². The average molecular weight is 272 g/mol. The molecule has 0 fully saturated rings. The molecular weight excluding hydrogens is 256 g/mol. The van der Waals surface area contributed by atoms with Gasteiger partial charge in [0.25, 0.3) is 0 Å².